The third kappa shape index (κ3) is 3.50. The maximum absolute atomic E-state index is 13.8. The number of thioether (sulfide) groups is 1. The summed E-state index contributed by atoms with van der Waals surface area (Å²) >= 11 is 1.34. The number of urea groups is 1. The largest absolute Gasteiger partial charge is 0.347 e. The topological polar surface area (TPSA) is 61.0 Å². The molecule has 0 bridgehead atoms. The zero-order valence-corrected chi connectivity index (χ0v) is 13.7. The van der Waals surface area contributed by atoms with Crippen LogP contribution >= 0.6 is 11.8 Å². The number of halogens is 1. The summed E-state index contributed by atoms with van der Waals surface area (Å²) in [5.41, 5.74) is 0.467. The Balaban J connectivity index is 1.74. The van der Waals surface area contributed by atoms with E-state index in [4.69, 9.17) is 0 Å². The van der Waals surface area contributed by atoms with Crippen LogP contribution in [0.3, 0.4) is 0 Å². The number of carbonyl (C=O) groups is 1. The van der Waals surface area contributed by atoms with Crippen molar-refractivity contribution in [1.29, 1.82) is 0 Å². The first-order valence-electron chi connectivity index (χ1n) is 7.59. The highest BCUT2D eigenvalue weighted by Gasteiger charge is 2.29. The summed E-state index contributed by atoms with van der Waals surface area (Å²) in [5, 5.41) is 2.79. The van der Waals surface area contributed by atoms with Gasteiger partial charge in [0.05, 0.1) is 6.04 Å². The second kappa shape index (κ2) is 7.04. The highest BCUT2D eigenvalue weighted by molar-refractivity contribution is 7.98. The molecule has 0 aliphatic carbocycles. The van der Waals surface area contributed by atoms with Crippen LogP contribution in [0.4, 0.5) is 14.9 Å². The van der Waals surface area contributed by atoms with Crippen molar-refractivity contribution in [2.24, 2.45) is 0 Å². The number of nitrogens with one attached hydrogen (secondary N) is 2. The van der Waals surface area contributed by atoms with Crippen LogP contribution < -0.4 is 5.32 Å². The molecule has 2 amide bonds. The van der Waals surface area contributed by atoms with Crippen molar-refractivity contribution in [2.75, 3.05) is 18.1 Å². The van der Waals surface area contributed by atoms with Crippen LogP contribution in [0, 0.1) is 5.82 Å². The van der Waals surface area contributed by atoms with Gasteiger partial charge < -0.3 is 15.2 Å². The number of nitrogens with zero attached hydrogens (tertiary/aromatic N) is 2. The molecule has 1 aliphatic heterocycles. The first-order chi connectivity index (χ1) is 11.2. The lowest BCUT2D eigenvalue weighted by Crippen LogP contribution is -2.41. The number of piperidine rings is 1. The summed E-state index contributed by atoms with van der Waals surface area (Å²) in [4.78, 5) is 22.3. The molecule has 5 nitrogen and oxygen atoms in total. The van der Waals surface area contributed by atoms with E-state index in [1.807, 2.05) is 6.26 Å². The van der Waals surface area contributed by atoms with Crippen LogP contribution in [0.5, 0.6) is 0 Å². The smallest absolute Gasteiger partial charge is 0.322 e. The Hall–Kier alpha value is -2.02. The van der Waals surface area contributed by atoms with Crippen molar-refractivity contribution in [2.45, 2.75) is 30.2 Å². The van der Waals surface area contributed by atoms with E-state index in [1.165, 1.54) is 17.8 Å². The lowest BCUT2D eigenvalue weighted by atomic mass is 10.0. The number of aromatic amines is 1. The monoisotopic (exact) mass is 334 g/mol. The molecule has 122 valence electrons. The average molecular weight is 334 g/mol. The molecule has 0 spiro atoms. The third-order valence-electron chi connectivity index (χ3n) is 4.00. The molecule has 1 atom stereocenters. The summed E-state index contributed by atoms with van der Waals surface area (Å²) < 4.78 is 13.8. The predicted molar refractivity (Wildman–Crippen MR) is 89.1 cm³/mol. The molecule has 3 rings (SSSR count). The number of imidazole rings is 1. The Kier molecular flexibility index (Phi) is 4.85. The Morgan fingerprint density at radius 2 is 2.35 bits per heavy atom. The molecule has 0 radical (unpaired) electrons. The van der Waals surface area contributed by atoms with Crippen LogP contribution in [0.1, 0.15) is 31.1 Å². The molecule has 0 saturated carbocycles. The van der Waals surface area contributed by atoms with Crippen LogP contribution in [0.2, 0.25) is 0 Å². The molecular weight excluding hydrogens is 315 g/mol. The Morgan fingerprint density at radius 1 is 1.48 bits per heavy atom. The number of hydrogen-bond donors (Lipinski definition) is 2. The highest BCUT2D eigenvalue weighted by atomic mass is 32.2. The van der Waals surface area contributed by atoms with Crippen molar-refractivity contribution in [3.63, 3.8) is 0 Å². The fraction of sp³-hybridized carbons (Fsp3) is 0.375. The summed E-state index contributed by atoms with van der Waals surface area (Å²) in [7, 11) is 0. The molecule has 2 aromatic rings. The predicted octanol–water partition coefficient (Wildman–Crippen LogP) is 4.03. The van der Waals surface area contributed by atoms with Crippen molar-refractivity contribution in [3.8, 4) is 0 Å². The van der Waals surface area contributed by atoms with Crippen LogP contribution in [0.15, 0.2) is 35.5 Å². The lowest BCUT2D eigenvalue weighted by Gasteiger charge is -2.34. The van der Waals surface area contributed by atoms with Gasteiger partial charge in [-0.1, -0.05) is 0 Å². The van der Waals surface area contributed by atoms with Gasteiger partial charge in [-0.3, -0.25) is 0 Å². The zero-order valence-electron chi connectivity index (χ0n) is 12.9. The first-order valence-corrected chi connectivity index (χ1v) is 8.82. The van der Waals surface area contributed by atoms with Crippen LogP contribution in [-0.2, 0) is 0 Å². The Bertz CT molecular complexity index is 677. The second-order valence-electron chi connectivity index (χ2n) is 5.46. The van der Waals surface area contributed by atoms with Crippen LogP contribution in [0.25, 0.3) is 0 Å². The van der Waals surface area contributed by atoms with Crippen molar-refractivity contribution in [1.82, 2.24) is 14.9 Å². The van der Waals surface area contributed by atoms with E-state index in [-0.39, 0.29) is 17.9 Å². The first kappa shape index (κ1) is 15.9. The molecule has 2 N–H and O–H groups in total. The SMILES string of the molecule is CSc1ccc(NC(=O)N2CCCCC2c2ncc[nH]2)cc1F. The van der Waals surface area contributed by atoms with Gasteiger partial charge in [0.2, 0.25) is 0 Å². The summed E-state index contributed by atoms with van der Waals surface area (Å²) in [6.45, 7) is 0.669. The van der Waals surface area contributed by atoms with E-state index < -0.39 is 0 Å². The zero-order chi connectivity index (χ0) is 16.2. The van der Waals surface area contributed by atoms with Gasteiger partial charge in [0.25, 0.3) is 0 Å². The second-order valence-corrected chi connectivity index (χ2v) is 6.31. The number of anilines is 1. The molecular formula is C16H19FN4OS. The molecule has 23 heavy (non-hydrogen) atoms. The van der Waals surface area contributed by atoms with Crippen LogP contribution in [-0.4, -0.2) is 33.7 Å². The summed E-state index contributed by atoms with van der Waals surface area (Å²) in [5.74, 6) is 0.472. The van der Waals surface area contributed by atoms with Gasteiger partial charge in [-0.2, -0.15) is 0 Å². The van der Waals surface area contributed by atoms with Crippen molar-refractivity contribution >= 4 is 23.5 Å². The van der Waals surface area contributed by atoms with E-state index in [1.54, 1.807) is 29.4 Å². The number of aromatic nitrogens is 2. The number of rotatable bonds is 3. The number of benzene rings is 1. The molecule has 1 unspecified atom stereocenters. The van der Waals surface area contributed by atoms with Gasteiger partial charge in [0.15, 0.2) is 0 Å². The summed E-state index contributed by atoms with van der Waals surface area (Å²) in [6, 6.07) is 4.47. The van der Waals surface area contributed by atoms with E-state index >= 15 is 0 Å². The van der Waals surface area contributed by atoms with E-state index in [0.717, 1.165) is 25.1 Å². The normalized spacial score (nSPS) is 18.0. The molecule has 1 aliphatic rings. The maximum Gasteiger partial charge on any atom is 0.322 e. The minimum atomic E-state index is -0.323. The molecule has 2 heterocycles. The number of hydrogen-bond acceptors (Lipinski definition) is 3. The van der Waals surface area contributed by atoms with Gasteiger partial charge in [-0.25, -0.2) is 14.2 Å². The molecule has 1 fully saturated rings. The number of H-pyrrole nitrogens is 1. The van der Waals surface area contributed by atoms with Gasteiger partial charge in [0, 0.05) is 29.5 Å². The highest BCUT2D eigenvalue weighted by Crippen LogP contribution is 2.29. The van der Waals surface area contributed by atoms with Gasteiger partial charge in [0.1, 0.15) is 11.6 Å². The molecule has 7 heteroatoms. The average Bonchev–Trinajstić information content (AvgIpc) is 3.09. The number of amides is 2. The molecule has 1 saturated heterocycles. The fourth-order valence-corrected chi connectivity index (χ4v) is 3.32. The lowest BCUT2D eigenvalue weighted by molar-refractivity contribution is 0.160. The standard InChI is InChI=1S/C16H19FN4OS/c1-23-14-6-5-11(10-12(14)17)20-16(22)21-9-3-2-4-13(21)15-18-7-8-19-15/h5-8,10,13H,2-4,9H2,1H3,(H,18,19)(H,20,22). The number of carbonyl (C=O) groups excluding carboxylic acids is 1. The van der Waals surface area contributed by atoms with E-state index in [9.17, 15) is 9.18 Å². The van der Waals surface area contributed by atoms with Gasteiger partial charge in [-0.15, -0.1) is 11.8 Å². The van der Waals surface area contributed by atoms with Gasteiger partial charge in [-0.05, 0) is 43.7 Å². The third-order valence-corrected chi connectivity index (χ3v) is 4.77. The minimum absolute atomic E-state index is 0.0610. The fourth-order valence-electron chi connectivity index (χ4n) is 2.86. The van der Waals surface area contributed by atoms with Gasteiger partial charge >= 0.3 is 6.03 Å². The van der Waals surface area contributed by atoms with Crippen molar-refractivity contribution in [3.05, 3.63) is 42.2 Å². The Labute approximate surface area is 138 Å². The number of likely N-dealkylation sites (tertiary alicyclic amines) is 1. The molecule has 1 aromatic carbocycles. The maximum atomic E-state index is 13.8. The quantitative estimate of drug-likeness (QED) is 0.833. The van der Waals surface area contributed by atoms with Crippen molar-refractivity contribution < 1.29 is 9.18 Å². The Morgan fingerprint density at radius 3 is 3.04 bits per heavy atom. The van der Waals surface area contributed by atoms with E-state index in [2.05, 4.69) is 15.3 Å². The molecule has 1 aromatic heterocycles. The minimum Gasteiger partial charge on any atom is -0.347 e. The summed E-state index contributed by atoms with van der Waals surface area (Å²) in [6.07, 6.45) is 8.17. The van der Waals surface area contributed by atoms with E-state index in [0.29, 0.717) is 17.1 Å².